The molecule has 0 saturated carbocycles. The molecule has 0 aliphatic carbocycles. The molecular weight excluding hydrogens is 339 g/mol. The number of nitrogens with zero attached hydrogens (tertiary/aromatic N) is 1. The lowest BCUT2D eigenvalue weighted by atomic mass is 10.3. The number of halogens is 4. The summed E-state index contributed by atoms with van der Waals surface area (Å²) in [6.07, 6.45) is -3.29. The molecule has 2 aromatic rings. The quantitative estimate of drug-likeness (QED) is 0.878. The van der Waals surface area contributed by atoms with Gasteiger partial charge < -0.3 is 15.8 Å². The highest BCUT2D eigenvalue weighted by atomic mass is 79.9. The normalized spacial score (nSPS) is 11.2. The van der Waals surface area contributed by atoms with Crippen molar-refractivity contribution in [2.24, 2.45) is 0 Å². The molecule has 20 heavy (non-hydrogen) atoms. The van der Waals surface area contributed by atoms with Gasteiger partial charge in [0.15, 0.2) is 11.6 Å². The summed E-state index contributed by atoms with van der Waals surface area (Å²) in [6, 6.07) is 7.23. The summed E-state index contributed by atoms with van der Waals surface area (Å²) in [4.78, 5) is 3.99. The summed E-state index contributed by atoms with van der Waals surface area (Å²) in [5.41, 5.74) is 6.14. The van der Waals surface area contributed by atoms with E-state index in [9.17, 15) is 13.2 Å². The van der Waals surface area contributed by atoms with Crippen LogP contribution in [0.15, 0.2) is 41.0 Å². The maximum atomic E-state index is 12.3. The zero-order valence-electron chi connectivity index (χ0n) is 9.91. The number of hydrogen-bond donors (Lipinski definition) is 2. The van der Waals surface area contributed by atoms with Gasteiger partial charge in [-0.2, -0.15) is 0 Å². The van der Waals surface area contributed by atoms with Crippen LogP contribution >= 0.6 is 15.9 Å². The first-order chi connectivity index (χ1) is 9.35. The fourth-order valence-electron chi connectivity index (χ4n) is 1.47. The van der Waals surface area contributed by atoms with E-state index in [1.165, 1.54) is 24.4 Å². The van der Waals surface area contributed by atoms with E-state index >= 15 is 0 Å². The maximum absolute atomic E-state index is 12.3. The zero-order chi connectivity index (χ0) is 14.8. The number of anilines is 3. The molecule has 4 nitrogen and oxygen atoms in total. The van der Waals surface area contributed by atoms with Gasteiger partial charge in [-0.15, -0.1) is 13.2 Å². The topological polar surface area (TPSA) is 60.2 Å². The van der Waals surface area contributed by atoms with E-state index in [0.717, 1.165) is 0 Å². The Bertz CT molecular complexity index is 619. The Balaban J connectivity index is 2.29. The summed E-state index contributed by atoms with van der Waals surface area (Å²) >= 11 is 3.19. The highest BCUT2D eigenvalue weighted by Crippen LogP contribution is 2.33. The van der Waals surface area contributed by atoms with Crippen molar-refractivity contribution in [1.29, 1.82) is 0 Å². The Labute approximate surface area is 120 Å². The summed E-state index contributed by atoms with van der Waals surface area (Å²) in [5, 5.41) is 2.71. The van der Waals surface area contributed by atoms with E-state index in [1.807, 2.05) is 0 Å². The Morgan fingerprint density at radius 3 is 2.60 bits per heavy atom. The van der Waals surface area contributed by atoms with Crippen LogP contribution in [0.4, 0.5) is 30.4 Å². The first kappa shape index (κ1) is 14.4. The Morgan fingerprint density at radius 1 is 1.25 bits per heavy atom. The molecule has 0 bridgehead atoms. The van der Waals surface area contributed by atoms with Crippen LogP contribution in [0.25, 0.3) is 0 Å². The van der Waals surface area contributed by atoms with Crippen LogP contribution in [0, 0.1) is 0 Å². The number of rotatable bonds is 3. The van der Waals surface area contributed by atoms with Gasteiger partial charge in [0, 0.05) is 10.7 Å². The van der Waals surface area contributed by atoms with Crippen molar-refractivity contribution in [2.75, 3.05) is 11.1 Å². The number of pyridine rings is 1. The van der Waals surface area contributed by atoms with Gasteiger partial charge >= 0.3 is 6.36 Å². The van der Waals surface area contributed by atoms with Crippen molar-refractivity contribution in [2.45, 2.75) is 6.36 Å². The van der Waals surface area contributed by atoms with Crippen molar-refractivity contribution in [1.82, 2.24) is 4.98 Å². The Hall–Kier alpha value is -1.96. The minimum absolute atomic E-state index is 0.117. The van der Waals surface area contributed by atoms with Gasteiger partial charge in [0.05, 0.1) is 11.4 Å². The maximum Gasteiger partial charge on any atom is 0.573 e. The molecule has 8 heteroatoms. The SMILES string of the molecule is Nc1cc(Br)cnc1Nc1ccccc1OC(F)(F)F. The van der Waals surface area contributed by atoms with Gasteiger partial charge in [0.1, 0.15) is 0 Å². The second-order valence-electron chi connectivity index (χ2n) is 3.76. The third kappa shape index (κ3) is 3.77. The second kappa shape index (κ2) is 5.58. The first-order valence-corrected chi connectivity index (χ1v) is 6.17. The molecule has 1 heterocycles. The van der Waals surface area contributed by atoms with E-state index in [2.05, 4.69) is 31.0 Å². The zero-order valence-corrected chi connectivity index (χ0v) is 11.5. The number of ether oxygens (including phenoxy) is 1. The number of aromatic nitrogens is 1. The van der Waals surface area contributed by atoms with Crippen LogP contribution in [-0.4, -0.2) is 11.3 Å². The van der Waals surface area contributed by atoms with Crippen LogP contribution in [0.1, 0.15) is 0 Å². The highest BCUT2D eigenvalue weighted by Gasteiger charge is 2.32. The molecule has 0 radical (unpaired) electrons. The third-order valence-electron chi connectivity index (χ3n) is 2.25. The molecule has 0 aliphatic rings. The number of para-hydroxylation sites is 2. The van der Waals surface area contributed by atoms with Crippen LogP contribution in [0.3, 0.4) is 0 Å². The van der Waals surface area contributed by atoms with E-state index in [0.29, 0.717) is 10.2 Å². The minimum Gasteiger partial charge on any atom is -0.404 e. The second-order valence-corrected chi connectivity index (χ2v) is 4.68. The smallest absolute Gasteiger partial charge is 0.404 e. The predicted octanol–water partition coefficient (Wildman–Crippen LogP) is 4.07. The van der Waals surface area contributed by atoms with Gasteiger partial charge in [-0.3, -0.25) is 0 Å². The molecule has 0 aliphatic heterocycles. The molecular formula is C12H9BrF3N3O. The Morgan fingerprint density at radius 2 is 1.95 bits per heavy atom. The van der Waals surface area contributed by atoms with Gasteiger partial charge in [-0.25, -0.2) is 4.98 Å². The summed E-state index contributed by atoms with van der Waals surface area (Å²) in [7, 11) is 0. The number of hydrogen-bond acceptors (Lipinski definition) is 4. The van der Waals surface area contributed by atoms with Gasteiger partial charge in [-0.1, -0.05) is 12.1 Å². The summed E-state index contributed by atoms with van der Waals surface area (Å²) in [6.45, 7) is 0. The van der Waals surface area contributed by atoms with Crippen molar-refractivity contribution in [3.63, 3.8) is 0 Å². The number of nitrogens with one attached hydrogen (secondary N) is 1. The average Bonchev–Trinajstić information content (AvgIpc) is 2.33. The molecule has 0 spiro atoms. The van der Waals surface area contributed by atoms with E-state index in [4.69, 9.17) is 5.73 Å². The van der Waals surface area contributed by atoms with Crippen LogP contribution in [-0.2, 0) is 0 Å². The van der Waals surface area contributed by atoms with Crippen LogP contribution in [0.2, 0.25) is 0 Å². The number of nitrogen functional groups attached to an aromatic ring is 1. The van der Waals surface area contributed by atoms with Crippen molar-refractivity contribution in [3.05, 3.63) is 41.0 Å². The van der Waals surface area contributed by atoms with E-state index < -0.39 is 6.36 Å². The number of alkyl halides is 3. The molecule has 0 atom stereocenters. The van der Waals surface area contributed by atoms with E-state index in [1.54, 1.807) is 12.1 Å². The molecule has 0 amide bonds. The standard InChI is InChI=1S/C12H9BrF3N3O/c13-7-5-8(17)11(18-6-7)19-9-3-1-2-4-10(9)20-12(14,15)16/h1-6H,17H2,(H,18,19). The van der Waals surface area contributed by atoms with Crippen molar-refractivity contribution in [3.8, 4) is 5.75 Å². The number of benzene rings is 1. The van der Waals surface area contributed by atoms with Gasteiger partial charge in [0.2, 0.25) is 0 Å². The van der Waals surface area contributed by atoms with Gasteiger partial charge in [0.25, 0.3) is 0 Å². The Kier molecular flexibility index (Phi) is 4.03. The predicted molar refractivity (Wildman–Crippen MR) is 72.8 cm³/mol. The fourth-order valence-corrected chi connectivity index (χ4v) is 1.82. The molecule has 1 aromatic heterocycles. The van der Waals surface area contributed by atoms with Crippen molar-refractivity contribution < 1.29 is 17.9 Å². The summed E-state index contributed by atoms with van der Waals surface area (Å²) < 4.78 is 41.5. The molecule has 0 fully saturated rings. The minimum atomic E-state index is -4.77. The lowest BCUT2D eigenvalue weighted by Crippen LogP contribution is -2.18. The van der Waals surface area contributed by atoms with Crippen LogP contribution < -0.4 is 15.8 Å². The largest absolute Gasteiger partial charge is 0.573 e. The molecule has 3 N–H and O–H groups in total. The molecule has 1 aromatic carbocycles. The molecule has 0 unspecified atom stereocenters. The molecule has 106 valence electrons. The molecule has 2 rings (SSSR count). The molecule has 0 saturated heterocycles. The highest BCUT2D eigenvalue weighted by molar-refractivity contribution is 9.10. The fraction of sp³-hybridized carbons (Fsp3) is 0.0833. The average molecular weight is 348 g/mol. The monoisotopic (exact) mass is 347 g/mol. The number of nitrogens with two attached hydrogens (primary N) is 1. The third-order valence-corrected chi connectivity index (χ3v) is 2.68. The van der Waals surface area contributed by atoms with Gasteiger partial charge in [-0.05, 0) is 34.1 Å². The first-order valence-electron chi connectivity index (χ1n) is 5.38. The van der Waals surface area contributed by atoms with Crippen molar-refractivity contribution >= 4 is 33.1 Å². The lowest BCUT2D eigenvalue weighted by molar-refractivity contribution is -0.274. The van der Waals surface area contributed by atoms with Crippen LogP contribution in [0.5, 0.6) is 5.75 Å². The lowest BCUT2D eigenvalue weighted by Gasteiger charge is -2.14. The van der Waals surface area contributed by atoms with E-state index in [-0.39, 0.29) is 17.3 Å². The summed E-state index contributed by atoms with van der Waals surface area (Å²) in [5.74, 6) is -0.115.